The minimum absolute atomic E-state index is 0.209. The predicted octanol–water partition coefficient (Wildman–Crippen LogP) is 1.57. The van der Waals surface area contributed by atoms with E-state index in [0.29, 0.717) is 5.41 Å². The molecule has 3 aliphatic heterocycles. The van der Waals surface area contributed by atoms with Crippen molar-refractivity contribution in [3.8, 4) is 0 Å². The van der Waals surface area contributed by atoms with Crippen LogP contribution in [0.5, 0.6) is 0 Å². The van der Waals surface area contributed by atoms with E-state index in [4.69, 9.17) is 4.74 Å². The van der Waals surface area contributed by atoms with Gasteiger partial charge in [0.2, 0.25) is 0 Å². The molecule has 0 radical (unpaired) electrons. The SMILES string of the molecule is Cc1ccc(N2CCN(C(=O)N3CC4(COC4)C3)CC2)cc1. The number of rotatable bonds is 1. The fourth-order valence-electron chi connectivity index (χ4n) is 3.58. The van der Waals surface area contributed by atoms with Crippen LogP contribution in [0.3, 0.4) is 0 Å². The van der Waals surface area contributed by atoms with Crippen LogP contribution in [0.4, 0.5) is 10.5 Å². The molecule has 3 heterocycles. The Morgan fingerprint density at radius 2 is 1.64 bits per heavy atom. The van der Waals surface area contributed by atoms with Crippen molar-refractivity contribution < 1.29 is 9.53 Å². The number of nitrogens with zero attached hydrogens (tertiary/aromatic N) is 3. The van der Waals surface area contributed by atoms with Crippen LogP contribution in [0.1, 0.15) is 5.56 Å². The van der Waals surface area contributed by atoms with Crippen LogP contribution in [-0.4, -0.2) is 68.3 Å². The Kier molecular flexibility index (Phi) is 3.26. The van der Waals surface area contributed by atoms with Gasteiger partial charge in [0, 0.05) is 45.0 Å². The number of hydrogen-bond acceptors (Lipinski definition) is 3. The van der Waals surface area contributed by atoms with Crippen molar-refractivity contribution in [1.29, 1.82) is 0 Å². The number of carbonyl (C=O) groups is 1. The molecule has 1 aromatic carbocycles. The number of likely N-dealkylation sites (tertiary alicyclic amines) is 1. The lowest BCUT2D eigenvalue weighted by Gasteiger charge is -2.55. The van der Waals surface area contributed by atoms with Gasteiger partial charge in [0.05, 0.1) is 18.6 Å². The molecule has 2 amide bonds. The van der Waals surface area contributed by atoms with Crippen molar-refractivity contribution in [1.82, 2.24) is 9.80 Å². The van der Waals surface area contributed by atoms with Gasteiger partial charge < -0.3 is 19.4 Å². The Bertz CT molecular complexity index is 552. The van der Waals surface area contributed by atoms with E-state index in [0.717, 1.165) is 52.5 Å². The van der Waals surface area contributed by atoms with Crippen LogP contribution in [-0.2, 0) is 4.74 Å². The molecule has 0 N–H and O–H groups in total. The van der Waals surface area contributed by atoms with E-state index < -0.39 is 0 Å². The number of piperazine rings is 1. The molecule has 1 spiro atoms. The zero-order valence-electron chi connectivity index (χ0n) is 13.1. The Morgan fingerprint density at radius 1 is 1.00 bits per heavy atom. The summed E-state index contributed by atoms with van der Waals surface area (Å²) in [6.45, 7) is 8.98. The van der Waals surface area contributed by atoms with Crippen LogP contribution in [0, 0.1) is 12.3 Å². The minimum Gasteiger partial charge on any atom is -0.380 e. The molecule has 0 atom stereocenters. The van der Waals surface area contributed by atoms with Crippen molar-refractivity contribution in [3.63, 3.8) is 0 Å². The van der Waals surface area contributed by atoms with Gasteiger partial charge in [-0.25, -0.2) is 4.79 Å². The molecule has 3 saturated heterocycles. The summed E-state index contributed by atoms with van der Waals surface area (Å²) in [7, 11) is 0. The molecule has 1 aromatic rings. The highest BCUT2D eigenvalue weighted by atomic mass is 16.5. The topological polar surface area (TPSA) is 36.0 Å². The fraction of sp³-hybridized carbons (Fsp3) is 0.588. The Labute approximate surface area is 131 Å². The zero-order chi connectivity index (χ0) is 15.2. The minimum atomic E-state index is 0.209. The first kappa shape index (κ1) is 13.9. The molecule has 5 heteroatoms. The van der Waals surface area contributed by atoms with Crippen LogP contribution < -0.4 is 4.90 Å². The summed E-state index contributed by atoms with van der Waals surface area (Å²) in [6.07, 6.45) is 0. The summed E-state index contributed by atoms with van der Waals surface area (Å²) < 4.78 is 5.27. The number of hydrogen-bond donors (Lipinski definition) is 0. The van der Waals surface area contributed by atoms with Gasteiger partial charge in [-0.2, -0.15) is 0 Å². The normalized spacial score (nSPS) is 23.2. The number of aryl methyl sites for hydroxylation is 1. The van der Waals surface area contributed by atoms with Crippen LogP contribution in [0.15, 0.2) is 24.3 Å². The van der Waals surface area contributed by atoms with Crippen molar-refractivity contribution in [2.45, 2.75) is 6.92 Å². The molecule has 0 aromatic heterocycles. The van der Waals surface area contributed by atoms with Crippen LogP contribution in [0.25, 0.3) is 0 Å². The van der Waals surface area contributed by atoms with Gasteiger partial charge in [-0.3, -0.25) is 0 Å². The maximum absolute atomic E-state index is 12.5. The quantitative estimate of drug-likeness (QED) is 0.790. The molecule has 22 heavy (non-hydrogen) atoms. The summed E-state index contributed by atoms with van der Waals surface area (Å²) in [5.41, 5.74) is 2.84. The van der Waals surface area contributed by atoms with E-state index in [1.54, 1.807) is 0 Å². The van der Waals surface area contributed by atoms with E-state index in [2.05, 4.69) is 36.1 Å². The van der Waals surface area contributed by atoms with E-state index >= 15 is 0 Å². The second-order valence-electron chi connectivity index (χ2n) is 6.94. The largest absolute Gasteiger partial charge is 0.380 e. The van der Waals surface area contributed by atoms with Crippen molar-refractivity contribution >= 4 is 11.7 Å². The molecular formula is C17H23N3O2. The third kappa shape index (κ3) is 2.33. The standard InChI is InChI=1S/C17H23N3O2/c1-14-2-4-15(5-3-14)18-6-8-19(9-7-18)16(21)20-10-17(11-20)12-22-13-17/h2-5H,6-13H2,1H3. The fourth-order valence-corrected chi connectivity index (χ4v) is 3.58. The van der Waals surface area contributed by atoms with Gasteiger partial charge >= 0.3 is 6.03 Å². The molecule has 118 valence electrons. The maximum atomic E-state index is 12.5. The summed E-state index contributed by atoms with van der Waals surface area (Å²) >= 11 is 0. The smallest absolute Gasteiger partial charge is 0.320 e. The first-order chi connectivity index (χ1) is 10.7. The third-order valence-corrected chi connectivity index (χ3v) is 5.09. The summed E-state index contributed by atoms with van der Waals surface area (Å²) in [5, 5.41) is 0. The second kappa shape index (κ2) is 5.16. The summed E-state index contributed by atoms with van der Waals surface area (Å²) in [5.74, 6) is 0. The Balaban J connectivity index is 1.30. The monoisotopic (exact) mass is 301 g/mol. The van der Waals surface area contributed by atoms with E-state index in [1.165, 1.54) is 11.3 Å². The maximum Gasteiger partial charge on any atom is 0.320 e. The molecule has 5 nitrogen and oxygen atoms in total. The predicted molar refractivity (Wildman–Crippen MR) is 85.2 cm³/mol. The number of carbonyl (C=O) groups excluding carboxylic acids is 1. The van der Waals surface area contributed by atoms with Crippen molar-refractivity contribution in [2.24, 2.45) is 5.41 Å². The van der Waals surface area contributed by atoms with Crippen molar-refractivity contribution in [2.75, 3.05) is 57.4 Å². The lowest BCUT2D eigenvalue weighted by molar-refractivity contribution is -0.177. The first-order valence-electron chi connectivity index (χ1n) is 8.09. The Hall–Kier alpha value is -1.75. The lowest BCUT2D eigenvalue weighted by atomic mass is 9.78. The van der Waals surface area contributed by atoms with E-state index in [9.17, 15) is 4.79 Å². The molecule has 3 fully saturated rings. The molecule has 3 aliphatic rings. The number of benzene rings is 1. The molecular weight excluding hydrogens is 278 g/mol. The van der Waals surface area contributed by atoms with Gasteiger partial charge in [-0.1, -0.05) is 17.7 Å². The van der Waals surface area contributed by atoms with Gasteiger partial charge in [0.1, 0.15) is 0 Å². The highest BCUT2D eigenvalue weighted by Crippen LogP contribution is 2.38. The van der Waals surface area contributed by atoms with Crippen LogP contribution in [0.2, 0.25) is 0 Å². The first-order valence-corrected chi connectivity index (χ1v) is 8.09. The Morgan fingerprint density at radius 3 is 2.18 bits per heavy atom. The highest BCUT2D eigenvalue weighted by Gasteiger charge is 2.51. The number of amides is 2. The number of anilines is 1. The molecule has 0 aliphatic carbocycles. The van der Waals surface area contributed by atoms with Crippen molar-refractivity contribution in [3.05, 3.63) is 29.8 Å². The highest BCUT2D eigenvalue weighted by molar-refractivity contribution is 5.76. The number of ether oxygens (including phenoxy) is 1. The molecule has 0 bridgehead atoms. The van der Waals surface area contributed by atoms with Gasteiger partial charge in [0.25, 0.3) is 0 Å². The summed E-state index contributed by atoms with van der Waals surface area (Å²) in [6, 6.07) is 8.84. The number of urea groups is 1. The van der Waals surface area contributed by atoms with E-state index in [1.807, 2.05) is 9.80 Å². The molecule has 0 saturated carbocycles. The van der Waals surface area contributed by atoms with Crippen LogP contribution >= 0.6 is 0 Å². The third-order valence-electron chi connectivity index (χ3n) is 5.09. The average molecular weight is 301 g/mol. The molecule has 0 unspecified atom stereocenters. The van der Waals surface area contributed by atoms with Gasteiger partial charge in [-0.05, 0) is 19.1 Å². The van der Waals surface area contributed by atoms with E-state index in [-0.39, 0.29) is 6.03 Å². The zero-order valence-corrected chi connectivity index (χ0v) is 13.1. The lowest BCUT2D eigenvalue weighted by Crippen LogP contribution is -2.69. The summed E-state index contributed by atoms with van der Waals surface area (Å²) in [4.78, 5) is 18.8. The van der Waals surface area contributed by atoms with Gasteiger partial charge in [-0.15, -0.1) is 0 Å². The second-order valence-corrected chi connectivity index (χ2v) is 6.94. The average Bonchev–Trinajstić information content (AvgIpc) is 2.45. The van der Waals surface area contributed by atoms with Gasteiger partial charge in [0.15, 0.2) is 0 Å². The molecule has 4 rings (SSSR count).